The molecule has 0 atom stereocenters. The van der Waals surface area contributed by atoms with Crippen molar-refractivity contribution in [3.05, 3.63) is 16.3 Å². The fraction of sp³-hybridized carbons (Fsp3) is 0.667. The number of thiophene rings is 1. The molecule has 20 heavy (non-hydrogen) atoms. The van der Waals surface area contributed by atoms with E-state index in [0.29, 0.717) is 6.04 Å². The Morgan fingerprint density at radius 3 is 2.85 bits per heavy atom. The molecule has 0 unspecified atom stereocenters. The number of nitrogens with one attached hydrogen (secondary N) is 2. The third kappa shape index (κ3) is 4.58. The predicted octanol–water partition coefficient (Wildman–Crippen LogP) is 2.67. The van der Waals surface area contributed by atoms with E-state index in [1.165, 1.54) is 43.8 Å². The molecule has 1 aliphatic rings. The average Bonchev–Trinajstić information content (AvgIpc) is 2.85. The highest BCUT2D eigenvalue weighted by molar-refractivity contribution is 7.10. The first-order valence-corrected chi connectivity index (χ1v) is 8.36. The van der Waals surface area contributed by atoms with E-state index in [1.807, 2.05) is 11.4 Å². The molecule has 2 heterocycles. The van der Waals surface area contributed by atoms with Crippen LogP contribution in [-0.4, -0.2) is 36.5 Å². The second kappa shape index (κ2) is 7.76. The Morgan fingerprint density at radius 1 is 1.45 bits per heavy atom. The fourth-order valence-electron chi connectivity index (χ4n) is 2.69. The van der Waals surface area contributed by atoms with Gasteiger partial charge in [0.25, 0.3) is 0 Å². The summed E-state index contributed by atoms with van der Waals surface area (Å²) in [5, 5.41) is 8.55. The van der Waals surface area contributed by atoms with Crippen molar-refractivity contribution >= 4 is 22.9 Å². The zero-order valence-electron chi connectivity index (χ0n) is 12.4. The van der Waals surface area contributed by atoms with Crippen LogP contribution in [0.15, 0.2) is 11.4 Å². The lowest BCUT2D eigenvalue weighted by atomic mass is 10.0. The maximum Gasteiger partial charge on any atom is 0.221 e. The molecule has 0 spiro atoms. The SMILES string of the molecule is CCCN1CCC(NCc2sccc2NC(C)=O)CC1. The molecule has 0 aliphatic carbocycles. The summed E-state index contributed by atoms with van der Waals surface area (Å²) in [7, 11) is 0. The summed E-state index contributed by atoms with van der Waals surface area (Å²) in [6, 6.07) is 2.59. The monoisotopic (exact) mass is 295 g/mol. The second-order valence-corrected chi connectivity index (χ2v) is 6.44. The standard InChI is InChI=1S/C15H25N3OS/c1-3-7-18-8-4-13(5-9-18)16-11-15-14(6-10-20-15)17-12(2)19/h6,10,13,16H,3-5,7-9,11H2,1-2H3,(H,17,19). The highest BCUT2D eigenvalue weighted by Crippen LogP contribution is 2.22. The van der Waals surface area contributed by atoms with Crippen LogP contribution in [0.1, 0.15) is 38.0 Å². The maximum absolute atomic E-state index is 11.1. The van der Waals surface area contributed by atoms with Crippen molar-refractivity contribution in [3.8, 4) is 0 Å². The zero-order chi connectivity index (χ0) is 14.4. The van der Waals surface area contributed by atoms with Gasteiger partial charge in [0, 0.05) is 24.4 Å². The molecule has 112 valence electrons. The summed E-state index contributed by atoms with van der Waals surface area (Å²) < 4.78 is 0. The molecule has 0 aromatic carbocycles. The van der Waals surface area contributed by atoms with Crippen molar-refractivity contribution < 1.29 is 4.79 Å². The van der Waals surface area contributed by atoms with Crippen molar-refractivity contribution in [2.75, 3.05) is 25.0 Å². The Labute approximate surface area is 125 Å². The number of anilines is 1. The Morgan fingerprint density at radius 2 is 2.20 bits per heavy atom. The first kappa shape index (κ1) is 15.5. The van der Waals surface area contributed by atoms with Crippen molar-refractivity contribution in [2.24, 2.45) is 0 Å². The summed E-state index contributed by atoms with van der Waals surface area (Å²) in [6.07, 6.45) is 3.69. The number of hydrogen-bond donors (Lipinski definition) is 2. The number of carbonyl (C=O) groups is 1. The van der Waals surface area contributed by atoms with E-state index in [-0.39, 0.29) is 5.91 Å². The molecule has 0 bridgehead atoms. The van der Waals surface area contributed by atoms with E-state index >= 15 is 0 Å². The zero-order valence-corrected chi connectivity index (χ0v) is 13.3. The number of piperidine rings is 1. The highest BCUT2D eigenvalue weighted by Gasteiger charge is 2.18. The Hall–Kier alpha value is -0.910. The Bertz CT molecular complexity index is 425. The van der Waals surface area contributed by atoms with Crippen LogP contribution in [0.25, 0.3) is 0 Å². The molecule has 0 saturated carbocycles. The molecular weight excluding hydrogens is 270 g/mol. The fourth-order valence-corrected chi connectivity index (χ4v) is 3.47. The minimum Gasteiger partial charge on any atom is -0.325 e. The largest absolute Gasteiger partial charge is 0.325 e. The Kier molecular flexibility index (Phi) is 6.01. The molecule has 1 aromatic rings. The molecule has 1 aromatic heterocycles. The quantitative estimate of drug-likeness (QED) is 0.848. The lowest BCUT2D eigenvalue weighted by Gasteiger charge is -2.32. The van der Waals surface area contributed by atoms with Gasteiger partial charge in [0.15, 0.2) is 0 Å². The molecule has 2 N–H and O–H groups in total. The number of rotatable bonds is 6. The molecule has 5 heteroatoms. The third-order valence-electron chi connectivity index (χ3n) is 3.73. The number of amides is 1. The van der Waals surface area contributed by atoms with Gasteiger partial charge in [-0.2, -0.15) is 0 Å². The van der Waals surface area contributed by atoms with Gasteiger partial charge < -0.3 is 15.5 Å². The van der Waals surface area contributed by atoms with Gasteiger partial charge in [0.05, 0.1) is 5.69 Å². The van der Waals surface area contributed by atoms with E-state index in [2.05, 4.69) is 22.5 Å². The highest BCUT2D eigenvalue weighted by atomic mass is 32.1. The summed E-state index contributed by atoms with van der Waals surface area (Å²) >= 11 is 1.70. The van der Waals surface area contributed by atoms with Crippen LogP contribution in [0.5, 0.6) is 0 Å². The van der Waals surface area contributed by atoms with Crippen LogP contribution in [-0.2, 0) is 11.3 Å². The van der Waals surface area contributed by atoms with Crippen LogP contribution in [0, 0.1) is 0 Å². The van der Waals surface area contributed by atoms with E-state index in [1.54, 1.807) is 18.3 Å². The second-order valence-electron chi connectivity index (χ2n) is 5.44. The van der Waals surface area contributed by atoms with Crippen LogP contribution < -0.4 is 10.6 Å². The van der Waals surface area contributed by atoms with Gasteiger partial charge in [-0.15, -0.1) is 11.3 Å². The number of nitrogens with zero attached hydrogens (tertiary/aromatic N) is 1. The summed E-state index contributed by atoms with van der Waals surface area (Å²) in [5.41, 5.74) is 0.957. The van der Waals surface area contributed by atoms with E-state index < -0.39 is 0 Å². The van der Waals surface area contributed by atoms with Gasteiger partial charge in [-0.05, 0) is 50.3 Å². The smallest absolute Gasteiger partial charge is 0.221 e. The lowest BCUT2D eigenvalue weighted by molar-refractivity contribution is -0.114. The van der Waals surface area contributed by atoms with E-state index in [9.17, 15) is 4.79 Å². The van der Waals surface area contributed by atoms with Gasteiger partial charge in [-0.3, -0.25) is 4.79 Å². The van der Waals surface area contributed by atoms with Crippen LogP contribution in [0.3, 0.4) is 0 Å². The lowest BCUT2D eigenvalue weighted by Crippen LogP contribution is -2.42. The normalized spacial score (nSPS) is 17.3. The first-order valence-electron chi connectivity index (χ1n) is 7.48. The van der Waals surface area contributed by atoms with Crippen molar-refractivity contribution in [3.63, 3.8) is 0 Å². The van der Waals surface area contributed by atoms with Crippen molar-refractivity contribution in [1.29, 1.82) is 0 Å². The molecular formula is C15H25N3OS. The maximum atomic E-state index is 11.1. The van der Waals surface area contributed by atoms with E-state index in [4.69, 9.17) is 0 Å². The van der Waals surface area contributed by atoms with Crippen LogP contribution >= 0.6 is 11.3 Å². The molecule has 1 amide bonds. The van der Waals surface area contributed by atoms with Crippen molar-refractivity contribution in [2.45, 2.75) is 45.7 Å². The molecule has 1 aliphatic heterocycles. The summed E-state index contributed by atoms with van der Waals surface area (Å²) in [6.45, 7) is 8.28. The molecule has 0 radical (unpaired) electrons. The summed E-state index contributed by atoms with van der Waals surface area (Å²) in [5.74, 6) is -0.00229. The van der Waals surface area contributed by atoms with Crippen LogP contribution in [0.4, 0.5) is 5.69 Å². The molecule has 1 fully saturated rings. The van der Waals surface area contributed by atoms with Gasteiger partial charge in [-0.25, -0.2) is 0 Å². The number of likely N-dealkylation sites (tertiary alicyclic amines) is 1. The third-order valence-corrected chi connectivity index (χ3v) is 4.66. The average molecular weight is 295 g/mol. The van der Waals surface area contributed by atoms with E-state index in [0.717, 1.165) is 12.2 Å². The van der Waals surface area contributed by atoms with Gasteiger partial charge in [0.1, 0.15) is 0 Å². The number of carbonyl (C=O) groups excluding carboxylic acids is 1. The van der Waals surface area contributed by atoms with Crippen LogP contribution in [0.2, 0.25) is 0 Å². The van der Waals surface area contributed by atoms with Crippen molar-refractivity contribution in [1.82, 2.24) is 10.2 Å². The van der Waals surface area contributed by atoms with Gasteiger partial charge in [0.2, 0.25) is 5.91 Å². The topological polar surface area (TPSA) is 44.4 Å². The Balaban J connectivity index is 1.76. The van der Waals surface area contributed by atoms with Gasteiger partial charge in [-0.1, -0.05) is 6.92 Å². The number of hydrogen-bond acceptors (Lipinski definition) is 4. The summed E-state index contributed by atoms with van der Waals surface area (Å²) in [4.78, 5) is 14.9. The minimum absolute atomic E-state index is 0.00229. The van der Waals surface area contributed by atoms with Gasteiger partial charge >= 0.3 is 0 Å². The predicted molar refractivity (Wildman–Crippen MR) is 85.2 cm³/mol. The molecule has 2 rings (SSSR count). The first-order chi connectivity index (χ1) is 9.69. The molecule has 1 saturated heterocycles. The minimum atomic E-state index is -0.00229. The molecule has 4 nitrogen and oxygen atoms in total.